The van der Waals surface area contributed by atoms with Gasteiger partial charge in [-0.3, -0.25) is 4.98 Å². The first-order valence-electron chi connectivity index (χ1n) is 13.9. The molecule has 0 saturated carbocycles. The third kappa shape index (κ3) is 4.29. The summed E-state index contributed by atoms with van der Waals surface area (Å²) in [5, 5.41) is 10.5. The van der Waals surface area contributed by atoms with Gasteiger partial charge < -0.3 is 9.76 Å². The Labute approximate surface area is 237 Å². The van der Waals surface area contributed by atoms with Gasteiger partial charge in [-0.15, -0.1) is 0 Å². The van der Waals surface area contributed by atoms with Crippen molar-refractivity contribution < 1.29 is 9.76 Å². The molecule has 4 heteroatoms. The maximum absolute atomic E-state index is 10.5. The van der Waals surface area contributed by atoms with Gasteiger partial charge in [-0.05, 0) is 79.3 Å². The van der Waals surface area contributed by atoms with Gasteiger partial charge in [-0.1, -0.05) is 103 Å². The molecule has 4 aromatic carbocycles. The average molecular weight is 523 g/mol. The van der Waals surface area contributed by atoms with E-state index in [-0.39, 0.29) is 0 Å². The van der Waals surface area contributed by atoms with Crippen LogP contribution in [0.15, 0.2) is 121 Å². The highest BCUT2D eigenvalue weighted by Crippen LogP contribution is 2.56. The number of pyridine rings is 1. The molecular weight excluding hydrogens is 489 g/mol. The summed E-state index contributed by atoms with van der Waals surface area (Å²) >= 11 is 0. The van der Waals surface area contributed by atoms with Gasteiger partial charge in [0.15, 0.2) is 0 Å². The number of fused-ring (bicyclic) bond motifs is 3. The van der Waals surface area contributed by atoms with E-state index < -0.39 is 16.6 Å². The fourth-order valence-corrected chi connectivity index (χ4v) is 5.76. The van der Waals surface area contributed by atoms with E-state index >= 15 is 0 Å². The molecule has 1 N–H and O–H groups in total. The molecule has 40 heavy (non-hydrogen) atoms. The van der Waals surface area contributed by atoms with E-state index in [2.05, 4.69) is 109 Å². The zero-order valence-corrected chi connectivity index (χ0v) is 23.6. The summed E-state index contributed by atoms with van der Waals surface area (Å²) in [6.45, 7) is 7.35. The second-order valence-corrected chi connectivity index (χ2v) is 11.7. The van der Waals surface area contributed by atoms with E-state index in [0.29, 0.717) is 7.48 Å². The number of hydrogen-bond acceptors (Lipinski definition) is 3. The molecule has 1 aliphatic carbocycles. The van der Waals surface area contributed by atoms with Crippen molar-refractivity contribution in [2.24, 2.45) is 0 Å². The molecule has 0 radical (unpaired) electrons. The molecule has 0 spiro atoms. The predicted molar refractivity (Wildman–Crippen MR) is 165 cm³/mol. The average Bonchev–Trinajstić information content (AvgIpc) is 3.27. The number of hydrogen-bond donors (Lipinski definition) is 1. The lowest BCUT2D eigenvalue weighted by Crippen LogP contribution is -2.49. The molecule has 5 aromatic rings. The van der Waals surface area contributed by atoms with Gasteiger partial charge >= 0.3 is 7.48 Å². The van der Waals surface area contributed by atoms with Crippen molar-refractivity contribution in [1.82, 2.24) is 4.98 Å². The number of rotatable bonds is 7. The van der Waals surface area contributed by atoms with Crippen molar-refractivity contribution in [3.63, 3.8) is 0 Å². The number of aliphatic hydroxyl groups is 1. The molecular formula is C36H34BNO2. The van der Waals surface area contributed by atoms with E-state index in [1.165, 1.54) is 33.4 Å². The van der Waals surface area contributed by atoms with Crippen LogP contribution in [0.1, 0.15) is 49.9 Å². The van der Waals surface area contributed by atoms with Crippen molar-refractivity contribution in [3.05, 3.63) is 144 Å². The lowest BCUT2D eigenvalue weighted by Gasteiger charge is -2.37. The van der Waals surface area contributed by atoms with E-state index in [9.17, 15) is 5.11 Å². The van der Waals surface area contributed by atoms with E-state index in [0.717, 1.165) is 16.9 Å². The van der Waals surface area contributed by atoms with Gasteiger partial charge in [0.05, 0.1) is 22.3 Å². The maximum atomic E-state index is 10.5. The summed E-state index contributed by atoms with van der Waals surface area (Å²) in [6, 6.07) is 43.2. The van der Waals surface area contributed by atoms with Crippen molar-refractivity contribution >= 4 is 13.1 Å². The van der Waals surface area contributed by atoms with Crippen molar-refractivity contribution in [2.75, 3.05) is 0 Å². The fraction of sp³-hybridized carbons (Fsp3) is 0.194. The van der Waals surface area contributed by atoms with Gasteiger partial charge in [0, 0.05) is 11.2 Å². The third-order valence-corrected chi connectivity index (χ3v) is 8.62. The molecule has 3 nitrogen and oxygen atoms in total. The molecule has 0 bridgehead atoms. The second kappa shape index (κ2) is 9.89. The Bertz CT molecular complexity index is 1620. The molecule has 198 valence electrons. The zero-order chi connectivity index (χ0) is 28.0. The van der Waals surface area contributed by atoms with Gasteiger partial charge in [-0.2, -0.15) is 0 Å². The maximum Gasteiger partial charge on any atom is 0.329 e. The monoisotopic (exact) mass is 523 g/mol. The predicted octanol–water partition coefficient (Wildman–Crippen LogP) is 6.65. The minimum absolute atomic E-state index is 0.319. The molecule has 6 rings (SSSR count). The van der Waals surface area contributed by atoms with Gasteiger partial charge in [0.2, 0.25) is 0 Å². The Morgan fingerprint density at radius 2 is 1.25 bits per heavy atom. The first-order valence-corrected chi connectivity index (χ1v) is 13.9. The highest BCUT2D eigenvalue weighted by atomic mass is 16.5. The zero-order valence-electron chi connectivity index (χ0n) is 23.6. The molecule has 0 unspecified atom stereocenters. The first-order chi connectivity index (χ1) is 19.2. The van der Waals surface area contributed by atoms with Crippen LogP contribution in [0.5, 0.6) is 0 Å². The quantitative estimate of drug-likeness (QED) is 0.238. The van der Waals surface area contributed by atoms with Gasteiger partial charge in [0.1, 0.15) is 0 Å². The Morgan fingerprint density at radius 1 is 0.650 bits per heavy atom. The molecule has 0 atom stereocenters. The third-order valence-electron chi connectivity index (χ3n) is 8.62. The van der Waals surface area contributed by atoms with Crippen molar-refractivity contribution in [2.45, 2.75) is 44.3 Å². The van der Waals surface area contributed by atoms with E-state index in [4.69, 9.17) is 9.64 Å². The minimum atomic E-state index is -0.974. The van der Waals surface area contributed by atoms with Crippen LogP contribution in [0.25, 0.3) is 22.4 Å². The Balaban J connectivity index is 1.50. The Morgan fingerprint density at radius 3 is 1.90 bits per heavy atom. The summed E-state index contributed by atoms with van der Waals surface area (Å²) in [7, 11) is 0.319. The first kappa shape index (κ1) is 26.2. The van der Waals surface area contributed by atoms with Gasteiger partial charge in [0.25, 0.3) is 0 Å². The minimum Gasteiger partial charge on any atom is -0.425 e. The van der Waals surface area contributed by atoms with Crippen LogP contribution >= 0.6 is 0 Å². The number of nitrogens with zero attached hydrogens (tertiary/aromatic N) is 1. The van der Waals surface area contributed by atoms with Crippen LogP contribution < -0.4 is 5.59 Å². The summed E-state index contributed by atoms with van der Waals surface area (Å²) in [5.74, 6) is 0. The highest BCUT2D eigenvalue weighted by Gasteiger charge is 2.46. The molecule has 1 aromatic heterocycles. The summed E-state index contributed by atoms with van der Waals surface area (Å²) in [5.41, 5.74) is 8.22. The summed E-state index contributed by atoms with van der Waals surface area (Å²) < 4.78 is 6.12. The fourth-order valence-electron chi connectivity index (χ4n) is 5.76. The Hall–Kier alpha value is -3.99. The van der Waals surface area contributed by atoms with Crippen molar-refractivity contribution in [3.8, 4) is 22.4 Å². The van der Waals surface area contributed by atoms with Crippen LogP contribution in [0.2, 0.25) is 0 Å². The SMILES string of the molecule is CC(C)(O)C(C)(C)OBc1cccc(-c2ccc3c(c2)C(c2ccccc2)(c2ccccc2)c2ccccc2-3)n1. The van der Waals surface area contributed by atoms with Crippen LogP contribution in [0, 0.1) is 0 Å². The molecule has 1 heterocycles. The highest BCUT2D eigenvalue weighted by molar-refractivity contribution is 6.45. The number of benzene rings is 4. The van der Waals surface area contributed by atoms with Crippen LogP contribution in [-0.4, -0.2) is 28.8 Å². The normalized spacial score (nSPS) is 13.9. The lowest BCUT2D eigenvalue weighted by atomic mass is 9.67. The van der Waals surface area contributed by atoms with E-state index in [1.807, 2.05) is 26.0 Å². The number of aromatic nitrogens is 1. The largest absolute Gasteiger partial charge is 0.425 e. The Kier molecular flexibility index (Phi) is 6.49. The van der Waals surface area contributed by atoms with Crippen LogP contribution in [-0.2, 0) is 10.1 Å². The van der Waals surface area contributed by atoms with Gasteiger partial charge in [-0.25, -0.2) is 0 Å². The molecule has 0 aliphatic heterocycles. The standard InChI is InChI=1S/C36H34BNO2/c1-34(2,39)35(3,4)40-37-33-21-13-20-32(38-33)25-22-23-29-28-18-11-12-19-30(28)36(31(29)24-25,26-14-7-5-8-15-26)27-16-9-6-10-17-27/h5-24,37,39H,1-4H3. The smallest absolute Gasteiger partial charge is 0.329 e. The molecule has 1 aliphatic rings. The molecule has 0 amide bonds. The summed E-state index contributed by atoms with van der Waals surface area (Å²) in [6.07, 6.45) is 0. The summed E-state index contributed by atoms with van der Waals surface area (Å²) in [4.78, 5) is 4.99. The van der Waals surface area contributed by atoms with Crippen LogP contribution in [0.4, 0.5) is 0 Å². The van der Waals surface area contributed by atoms with Crippen LogP contribution in [0.3, 0.4) is 0 Å². The molecule has 0 fully saturated rings. The topological polar surface area (TPSA) is 42.4 Å². The van der Waals surface area contributed by atoms with E-state index in [1.54, 1.807) is 13.8 Å². The lowest BCUT2D eigenvalue weighted by molar-refractivity contribution is -0.0893. The van der Waals surface area contributed by atoms with Crippen molar-refractivity contribution in [1.29, 1.82) is 0 Å². The molecule has 0 saturated heterocycles. The second-order valence-electron chi connectivity index (χ2n) is 11.7.